The lowest BCUT2D eigenvalue weighted by molar-refractivity contribution is -0.121. The van der Waals surface area contributed by atoms with Crippen molar-refractivity contribution in [3.05, 3.63) is 0 Å². The number of rotatable bonds is 6. The monoisotopic (exact) mass is 244 g/mol. The fraction of sp³-hybridized carbons (Fsp3) is 0.917. The van der Waals surface area contributed by atoms with E-state index in [9.17, 15) is 4.79 Å². The van der Waals surface area contributed by atoms with Gasteiger partial charge in [-0.2, -0.15) is 11.8 Å². The summed E-state index contributed by atoms with van der Waals surface area (Å²) in [6.07, 6.45) is 5.19. The lowest BCUT2D eigenvalue weighted by atomic mass is 10.1. The van der Waals surface area contributed by atoms with Crippen LogP contribution in [-0.4, -0.2) is 35.5 Å². The van der Waals surface area contributed by atoms with Crippen molar-refractivity contribution in [1.82, 2.24) is 10.6 Å². The summed E-state index contributed by atoms with van der Waals surface area (Å²) in [6.45, 7) is 7.91. The Morgan fingerprint density at radius 1 is 1.38 bits per heavy atom. The quantitative estimate of drug-likeness (QED) is 0.748. The molecule has 0 aliphatic heterocycles. The number of nitrogens with one attached hydrogen (secondary N) is 2. The van der Waals surface area contributed by atoms with E-state index >= 15 is 0 Å². The van der Waals surface area contributed by atoms with Crippen molar-refractivity contribution in [3.8, 4) is 0 Å². The largest absolute Gasteiger partial charge is 0.355 e. The van der Waals surface area contributed by atoms with Crippen molar-refractivity contribution in [1.29, 1.82) is 0 Å². The molecule has 0 heterocycles. The number of thioether (sulfide) groups is 1. The Morgan fingerprint density at radius 3 is 2.44 bits per heavy atom. The Labute approximate surface area is 103 Å². The first kappa shape index (κ1) is 13.8. The average molecular weight is 244 g/mol. The van der Waals surface area contributed by atoms with Crippen molar-refractivity contribution >= 4 is 17.7 Å². The summed E-state index contributed by atoms with van der Waals surface area (Å²) in [5, 5.41) is 6.34. The third-order valence-electron chi connectivity index (χ3n) is 2.86. The molecule has 4 heteroatoms. The molecule has 0 unspecified atom stereocenters. The first-order chi connectivity index (χ1) is 7.37. The Bertz CT molecular complexity index is 244. The lowest BCUT2D eigenvalue weighted by Gasteiger charge is -2.20. The molecule has 1 aliphatic carbocycles. The molecular weight excluding hydrogens is 220 g/mol. The summed E-state index contributed by atoms with van der Waals surface area (Å²) in [6, 6.07) is 0. The molecule has 1 aliphatic rings. The molecule has 0 spiro atoms. The van der Waals surface area contributed by atoms with Crippen LogP contribution >= 0.6 is 11.8 Å². The van der Waals surface area contributed by atoms with Crippen molar-refractivity contribution in [2.75, 3.05) is 19.3 Å². The zero-order chi connectivity index (χ0) is 12.2. The minimum atomic E-state index is 0.0945. The third-order valence-corrected chi connectivity index (χ3v) is 4.27. The van der Waals surface area contributed by atoms with Gasteiger partial charge in [0, 0.05) is 29.8 Å². The van der Waals surface area contributed by atoms with E-state index < -0.39 is 0 Å². The van der Waals surface area contributed by atoms with E-state index in [0.717, 1.165) is 13.1 Å². The molecule has 1 rings (SSSR count). The van der Waals surface area contributed by atoms with E-state index in [0.29, 0.717) is 11.2 Å². The van der Waals surface area contributed by atoms with Crippen molar-refractivity contribution in [3.63, 3.8) is 0 Å². The molecule has 0 saturated heterocycles. The van der Waals surface area contributed by atoms with Crippen LogP contribution in [0.2, 0.25) is 0 Å². The Hall–Kier alpha value is -0.220. The normalized spacial score (nSPS) is 18.2. The van der Waals surface area contributed by atoms with Crippen LogP contribution in [0.15, 0.2) is 0 Å². The Kier molecular flexibility index (Phi) is 4.68. The number of amides is 1. The second kappa shape index (κ2) is 5.41. The van der Waals surface area contributed by atoms with Gasteiger partial charge in [0.1, 0.15) is 0 Å². The van der Waals surface area contributed by atoms with Gasteiger partial charge in [-0.3, -0.25) is 4.79 Å². The smallest absolute Gasteiger partial charge is 0.221 e. The van der Waals surface area contributed by atoms with Gasteiger partial charge in [0.2, 0.25) is 5.91 Å². The molecule has 0 radical (unpaired) electrons. The zero-order valence-corrected chi connectivity index (χ0v) is 11.7. The van der Waals surface area contributed by atoms with Crippen molar-refractivity contribution in [2.24, 2.45) is 0 Å². The summed E-state index contributed by atoms with van der Waals surface area (Å²) in [5.41, 5.74) is 0.0945. The fourth-order valence-corrected chi connectivity index (χ4v) is 2.22. The SMILES string of the molecule is CSC1(CNC(=O)CCNC(C)(C)C)CC1. The highest BCUT2D eigenvalue weighted by Crippen LogP contribution is 2.46. The minimum Gasteiger partial charge on any atom is -0.355 e. The molecule has 16 heavy (non-hydrogen) atoms. The summed E-state index contributed by atoms with van der Waals surface area (Å²) in [5.74, 6) is 0.164. The Balaban J connectivity index is 2.08. The van der Waals surface area contributed by atoms with E-state index in [4.69, 9.17) is 0 Å². The van der Waals surface area contributed by atoms with Crippen LogP contribution < -0.4 is 10.6 Å². The Morgan fingerprint density at radius 2 is 2.00 bits per heavy atom. The van der Waals surface area contributed by atoms with E-state index in [1.807, 2.05) is 11.8 Å². The van der Waals surface area contributed by atoms with E-state index in [1.54, 1.807) is 0 Å². The van der Waals surface area contributed by atoms with Gasteiger partial charge < -0.3 is 10.6 Å². The van der Waals surface area contributed by atoms with Crippen LogP contribution in [0.1, 0.15) is 40.0 Å². The highest BCUT2D eigenvalue weighted by molar-refractivity contribution is 8.00. The van der Waals surface area contributed by atoms with Crippen LogP contribution in [0.3, 0.4) is 0 Å². The topological polar surface area (TPSA) is 41.1 Å². The number of hydrogen-bond acceptors (Lipinski definition) is 3. The first-order valence-electron chi connectivity index (χ1n) is 5.94. The zero-order valence-electron chi connectivity index (χ0n) is 10.9. The molecule has 94 valence electrons. The molecule has 1 amide bonds. The molecule has 0 aromatic rings. The van der Waals surface area contributed by atoms with Crippen LogP contribution in [-0.2, 0) is 4.79 Å². The van der Waals surface area contributed by atoms with Crippen LogP contribution in [0.25, 0.3) is 0 Å². The van der Waals surface area contributed by atoms with Gasteiger partial charge in [-0.05, 0) is 39.9 Å². The molecule has 0 bridgehead atoms. The third kappa shape index (κ3) is 5.21. The average Bonchev–Trinajstić information content (AvgIpc) is 2.93. The molecule has 0 aromatic carbocycles. The van der Waals surface area contributed by atoms with Gasteiger partial charge in [-0.1, -0.05) is 0 Å². The number of carbonyl (C=O) groups is 1. The van der Waals surface area contributed by atoms with Crippen molar-refractivity contribution in [2.45, 2.75) is 50.3 Å². The van der Waals surface area contributed by atoms with Gasteiger partial charge in [0.05, 0.1) is 0 Å². The van der Waals surface area contributed by atoms with Gasteiger partial charge in [0.15, 0.2) is 0 Å². The summed E-state index contributed by atoms with van der Waals surface area (Å²) in [7, 11) is 0. The molecule has 1 fully saturated rings. The minimum absolute atomic E-state index is 0.0945. The summed E-state index contributed by atoms with van der Waals surface area (Å²) < 4.78 is 0.368. The van der Waals surface area contributed by atoms with Gasteiger partial charge >= 0.3 is 0 Å². The highest BCUT2D eigenvalue weighted by Gasteiger charge is 2.41. The molecule has 0 atom stereocenters. The van der Waals surface area contributed by atoms with Crippen LogP contribution in [0.4, 0.5) is 0 Å². The van der Waals surface area contributed by atoms with Gasteiger partial charge in [-0.15, -0.1) is 0 Å². The summed E-state index contributed by atoms with van der Waals surface area (Å²) in [4.78, 5) is 11.6. The summed E-state index contributed by atoms with van der Waals surface area (Å²) >= 11 is 1.88. The maximum absolute atomic E-state index is 11.6. The number of hydrogen-bond donors (Lipinski definition) is 2. The molecule has 3 nitrogen and oxygen atoms in total. The molecule has 1 saturated carbocycles. The van der Waals surface area contributed by atoms with Gasteiger partial charge in [0.25, 0.3) is 0 Å². The lowest BCUT2D eigenvalue weighted by Crippen LogP contribution is -2.39. The second-order valence-electron chi connectivity index (χ2n) is 5.59. The van der Waals surface area contributed by atoms with E-state index in [1.165, 1.54) is 12.8 Å². The van der Waals surface area contributed by atoms with Crippen LogP contribution in [0.5, 0.6) is 0 Å². The predicted molar refractivity (Wildman–Crippen MR) is 70.9 cm³/mol. The maximum Gasteiger partial charge on any atom is 0.221 e. The van der Waals surface area contributed by atoms with E-state index in [-0.39, 0.29) is 11.4 Å². The molecule has 2 N–H and O–H groups in total. The van der Waals surface area contributed by atoms with E-state index in [2.05, 4.69) is 37.7 Å². The van der Waals surface area contributed by atoms with Crippen molar-refractivity contribution < 1.29 is 4.79 Å². The maximum atomic E-state index is 11.6. The van der Waals surface area contributed by atoms with Crippen LogP contribution in [0, 0.1) is 0 Å². The standard InChI is InChI=1S/C12H24N2OS/c1-11(2,3)14-8-5-10(15)13-9-12(16-4)6-7-12/h14H,5-9H2,1-4H3,(H,13,15). The fourth-order valence-electron chi connectivity index (χ4n) is 1.49. The van der Waals surface area contributed by atoms with Gasteiger partial charge in [-0.25, -0.2) is 0 Å². The highest BCUT2D eigenvalue weighted by atomic mass is 32.2. The first-order valence-corrected chi connectivity index (χ1v) is 7.16. The molecule has 0 aromatic heterocycles. The predicted octanol–water partition coefficient (Wildman–Crippen LogP) is 1.78. The molecular formula is C12H24N2OS. The second-order valence-corrected chi connectivity index (χ2v) is 6.86. The number of carbonyl (C=O) groups excluding carboxylic acids is 1.